The van der Waals surface area contributed by atoms with Crippen molar-refractivity contribution in [1.29, 1.82) is 0 Å². The van der Waals surface area contributed by atoms with Crippen molar-refractivity contribution in [3.8, 4) is 0 Å². The van der Waals surface area contributed by atoms with Gasteiger partial charge in [0, 0.05) is 43.5 Å². The van der Waals surface area contributed by atoms with Gasteiger partial charge in [-0.3, -0.25) is 19.2 Å². The van der Waals surface area contributed by atoms with E-state index in [0.717, 1.165) is 24.2 Å². The van der Waals surface area contributed by atoms with Crippen molar-refractivity contribution in [3.63, 3.8) is 0 Å². The smallest absolute Gasteiger partial charge is 0.271 e. The third-order valence-corrected chi connectivity index (χ3v) is 8.27. The number of nitrogens with zero attached hydrogens (tertiary/aromatic N) is 2. The van der Waals surface area contributed by atoms with Gasteiger partial charge in [0.15, 0.2) is 0 Å². The van der Waals surface area contributed by atoms with Crippen molar-refractivity contribution in [3.05, 3.63) is 46.3 Å². The van der Waals surface area contributed by atoms with Crippen LogP contribution in [0.5, 0.6) is 0 Å². The number of carbonyl (C=O) groups is 2. The van der Waals surface area contributed by atoms with E-state index in [2.05, 4.69) is 14.9 Å². The highest BCUT2D eigenvalue weighted by atomic mass is 35.5. The summed E-state index contributed by atoms with van der Waals surface area (Å²) in [6.07, 6.45) is 2.13. The van der Waals surface area contributed by atoms with E-state index in [9.17, 15) is 18.0 Å². The van der Waals surface area contributed by atoms with E-state index in [1.165, 1.54) is 12.1 Å². The zero-order valence-corrected chi connectivity index (χ0v) is 19.1. The fraction of sp³-hybridized carbons (Fsp3) is 0.400. The van der Waals surface area contributed by atoms with Gasteiger partial charge < -0.3 is 10.2 Å². The highest BCUT2D eigenvalue weighted by molar-refractivity contribution is 7.94. The first-order valence-corrected chi connectivity index (χ1v) is 12.7. The maximum Gasteiger partial charge on any atom is 0.271 e. The molecule has 0 atom stereocenters. The zero-order chi connectivity index (χ0) is 22.0. The maximum atomic E-state index is 12.8. The molecule has 1 aromatic carbocycles. The first-order valence-electron chi connectivity index (χ1n) is 9.99. The topological polar surface area (TPSA) is 98.8 Å². The predicted molar refractivity (Wildman–Crippen MR) is 120 cm³/mol. The van der Waals surface area contributed by atoms with Gasteiger partial charge in [-0.05, 0) is 49.2 Å². The summed E-state index contributed by atoms with van der Waals surface area (Å²) in [5, 5.41) is 2.98. The zero-order valence-electron chi connectivity index (χ0n) is 16.7. The van der Waals surface area contributed by atoms with Crippen molar-refractivity contribution in [1.82, 2.24) is 15.1 Å². The van der Waals surface area contributed by atoms with Crippen LogP contribution >= 0.6 is 22.9 Å². The molecule has 2 fully saturated rings. The Hall–Kier alpha value is -2.14. The van der Waals surface area contributed by atoms with E-state index in [4.69, 9.17) is 11.6 Å². The van der Waals surface area contributed by atoms with Crippen LogP contribution in [0.15, 0.2) is 40.6 Å². The van der Waals surface area contributed by atoms with E-state index in [1.54, 1.807) is 29.2 Å². The summed E-state index contributed by atoms with van der Waals surface area (Å²) < 4.78 is 27.8. The van der Waals surface area contributed by atoms with Crippen LogP contribution < -0.4 is 10.0 Å². The number of hydrogen-bond donors (Lipinski definition) is 2. The molecule has 1 aliphatic carbocycles. The number of amides is 2. The summed E-state index contributed by atoms with van der Waals surface area (Å²) in [5.74, 6) is -0.0633. The van der Waals surface area contributed by atoms with E-state index >= 15 is 0 Å². The lowest BCUT2D eigenvalue weighted by Crippen LogP contribution is -2.51. The number of carbonyl (C=O) groups excluding carboxylic acids is 2. The first kappa shape index (κ1) is 22.1. The van der Waals surface area contributed by atoms with Crippen molar-refractivity contribution in [2.24, 2.45) is 0 Å². The molecule has 2 aromatic rings. The molecule has 0 spiro atoms. The standard InChI is InChI=1S/C20H23ClN4O4S2/c21-17-7-8-19(30-17)31(28,29)23-16-3-1-14(2-4-16)20(27)25-11-9-24(10-12-25)13-18(26)22-15-5-6-15/h1-4,7-8,15,23H,5-6,9-13H2,(H,22,26). The van der Waals surface area contributed by atoms with Crippen molar-refractivity contribution >= 4 is 50.5 Å². The van der Waals surface area contributed by atoms with E-state index in [-0.39, 0.29) is 16.0 Å². The van der Waals surface area contributed by atoms with Gasteiger partial charge in [-0.15, -0.1) is 11.3 Å². The van der Waals surface area contributed by atoms with Gasteiger partial charge in [0.2, 0.25) is 5.91 Å². The highest BCUT2D eigenvalue weighted by Gasteiger charge is 2.26. The molecule has 1 aliphatic heterocycles. The molecule has 4 rings (SSSR count). The van der Waals surface area contributed by atoms with Crippen LogP contribution in [-0.2, 0) is 14.8 Å². The Morgan fingerprint density at radius 1 is 1.03 bits per heavy atom. The summed E-state index contributed by atoms with van der Waals surface area (Å²) in [5.41, 5.74) is 0.856. The molecule has 8 nitrogen and oxygen atoms in total. The van der Waals surface area contributed by atoms with Gasteiger partial charge in [0.05, 0.1) is 10.9 Å². The minimum Gasteiger partial charge on any atom is -0.352 e. The summed E-state index contributed by atoms with van der Waals surface area (Å²) in [4.78, 5) is 28.5. The monoisotopic (exact) mass is 482 g/mol. The second-order valence-electron chi connectivity index (χ2n) is 7.65. The Morgan fingerprint density at radius 3 is 2.29 bits per heavy atom. The summed E-state index contributed by atoms with van der Waals surface area (Å²) >= 11 is 6.79. The Balaban J connectivity index is 1.30. The van der Waals surface area contributed by atoms with Crippen LogP contribution in [0.4, 0.5) is 5.69 Å². The number of sulfonamides is 1. The maximum absolute atomic E-state index is 12.8. The van der Waals surface area contributed by atoms with Gasteiger partial charge in [-0.2, -0.15) is 0 Å². The lowest BCUT2D eigenvalue weighted by atomic mass is 10.1. The number of benzene rings is 1. The number of halogens is 1. The van der Waals surface area contributed by atoms with E-state index in [1.807, 2.05) is 0 Å². The molecular weight excluding hydrogens is 460 g/mol. The number of rotatable bonds is 7. The highest BCUT2D eigenvalue weighted by Crippen LogP contribution is 2.27. The molecule has 0 bridgehead atoms. The van der Waals surface area contributed by atoms with Crippen molar-refractivity contribution in [2.45, 2.75) is 23.1 Å². The van der Waals surface area contributed by atoms with Gasteiger partial charge in [0.1, 0.15) is 4.21 Å². The van der Waals surface area contributed by atoms with Gasteiger partial charge >= 0.3 is 0 Å². The molecule has 2 aliphatic rings. The Morgan fingerprint density at radius 2 is 1.71 bits per heavy atom. The Bertz CT molecular complexity index is 1060. The number of thiophene rings is 1. The third kappa shape index (κ3) is 5.76. The van der Waals surface area contributed by atoms with Crippen LogP contribution in [0, 0.1) is 0 Å². The second kappa shape index (κ2) is 9.15. The molecule has 2 N–H and O–H groups in total. The third-order valence-electron chi connectivity index (χ3n) is 5.17. The lowest BCUT2D eigenvalue weighted by molar-refractivity contribution is -0.122. The average molecular weight is 483 g/mol. The minimum atomic E-state index is -3.72. The largest absolute Gasteiger partial charge is 0.352 e. The lowest BCUT2D eigenvalue weighted by Gasteiger charge is -2.34. The quantitative estimate of drug-likeness (QED) is 0.630. The van der Waals surface area contributed by atoms with Crippen LogP contribution in [0.25, 0.3) is 0 Å². The molecule has 0 unspecified atom stereocenters. The summed E-state index contributed by atoms with van der Waals surface area (Å²) in [6, 6.07) is 9.68. The number of anilines is 1. The number of nitrogens with one attached hydrogen (secondary N) is 2. The number of piperazine rings is 1. The van der Waals surface area contributed by atoms with E-state index < -0.39 is 10.0 Å². The fourth-order valence-corrected chi connectivity index (χ4v) is 5.87. The van der Waals surface area contributed by atoms with Gasteiger partial charge in [0.25, 0.3) is 15.9 Å². The van der Waals surface area contributed by atoms with Gasteiger partial charge in [-0.25, -0.2) is 8.42 Å². The molecule has 0 radical (unpaired) electrons. The summed E-state index contributed by atoms with van der Waals surface area (Å²) in [6.45, 7) is 2.74. The van der Waals surface area contributed by atoms with Crippen LogP contribution in [-0.4, -0.2) is 68.8 Å². The molecule has 2 heterocycles. The number of hydrogen-bond acceptors (Lipinski definition) is 6. The average Bonchev–Trinajstić information content (AvgIpc) is 3.43. The SMILES string of the molecule is O=C(CN1CCN(C(=O)c2ccc(NS(=O)(=O)c3ccc(Cl)s3)cc2)CC1)NC1CC1. The first-order chi connectivity index (χ1) is 14.8. The molecule has 1 aromatic heterocycles. The summed E-state index contributed by atoms with van der Waals surface area (Å²) in [7, 11) is -3.72. The van der Waals surface area contributed by atoms with Crippen LogP contribution in [0.1, 0.15) is 23.2 Å². The van der Waals surface area contributed by atoms with E-state index in [0.29, 0.717) is 54.4 Å². The normalized spacial score (nSPS) is 17.4. The predicted octanol–water partition coefficient (Wildman–Crippen LogP) is 2.24. The fourth-order valence-electron chi connectivity index (χ4n) is 3.32. The van der Waals surface area contributed by atoms with Crippen LogP contribution in [0.2, 0.25) is 4.34 Å². The molecule has 1 saturated heterocycles. The molecular formula is C20H23ClN4O4S2. The molecule has 1 saturated carbocycles. The van der Waals surface area contributed by atoms with Gasteiger partial charge in [-0.1, -0.05) is 11.6 Å². The van der Waals surface area contributed by atoms with Crippen LogP contribution in [0.3, 0.4) is 0 Å². The Kier molecular flexibility index (Phi) is 6.52. The van der Waals surface area contributed by atoms with Crippen molar-refractivity contribution < 1.29 is 18.0 Å². The minimum absolute atomic E-state index is 0.0464. The molecule has 31 heavy (non-hydrogen) atoms. The molecule has 11 heteroatoms. The van der Waals surface area contributed by atoms with Crippen molar-refractivity contribution in [2.75, 3.05) is 37.4 Å². The molecule has 2 amide bonds. The second-order valence-corrected chi connectivity index (χ2v) is 11.3. The Labute approximate surface area is 190 Å². The molecule has 166 valence electrons.